The van der Waals surface area contributed by atoms with Crippen LogP contribution in [0.3, 0.4) is 0 Å². The average molecular weight is 297 g/mol. The Morgan fingerprint density at radius 1 is 1.65 bits per heavy atom. The molecule has 1 fully saturated rings. The first-order chi connectivity index (χ1) is 9.63. The molecule has 6 heteroatoms. The van der Waals surface area contributed by atoms with E-state index in [1.165, 1.54) is 17.8 Å². The summed E-state index contributed by atoms with van der Waals surface area (Å²) in [5, 5.41) is 2.39. The van der Waals surface area contributed by atoms with Gasteiger partial charge < -0.3 is 10.5 Å². The Bertz CT molecular complexity index is 449. The van der Waals surface area contributed by atoms with Crippen LogP contribution in [0.2, 0.25) is 0 Å². The van der Waals surface area contributed by atoms with E-state index >= 15 is 0 Å². The Kier molecular flexibility index (Phi) is 5.51. The highest BCUT2D eigenvalue weighted by atomic mass is 32.1. The predicted molar refractivity (Wildman–Crippen MR) is 79.7 cm³/mol. The summed E-state index contributed by atoms with van der Waals surface area (Å²) in [5.41, 5.74) is 6.77. The molecule has 0 amide bonds. The maximum atomic E-state index is 11.6. The zero-order chi connectivity index (χ0) is 14.5. The minimum atomic E-state index is -0.323. The van der Waals surface area contributed by atoms with Gasteiger partial charge in [-0.2, -0.15) is 0 Å². The highest BCUT2D eigenvalue weighted by Gasteiger charge is 2.25. The van der Waals surface area contributed by atoms with Crippen LogP contribution in [-0.2, 0) is 11.3 Å². The number of aromatic nitrogens is 1. The molecule has 20 heavy (non-hydrogen) atoms. The van der Waals surface area contributed by atoms with Crippen LogP contribution in [0.4, 0.5) is 0 Å². The molecule has 2 heterocycles. The maximum Gasteiger partial charge on any atom is 0.367 e. The number of carbonyl (C=O) groups excluding carboxylic acids is 1. The van der Waals surface area contributed by atoms with E-state index in [4.69, 9.17) is 10.5 Å². The molecule has 1 aromatic rings. The molecule has 0 aromatic carbocycles. The zero-order valence-electron chi connectivity index (χ0n) is 12.2. The number of thiazole rings is 1. The number of hydrogen-bond donors (Lipinski definition) is 1. The van der Waals surface area contributed by atoms with Crippen molar-refractivity contribution in [2.45, 2.75) is 26.8 Å². The number of esters is 1. The van der Waals surface area contributed by atoms with Crippen LogP contribution < -0.4 is 5.73 Å². The summed E-state index contributed by atoms with van der Waals surface area (Å²) in [7, 11) is 0. The van der Waals surface area contributed by atoms with Crippen molar-refractivity contribution in [1.29, 1.82) is 0 Å². The standard InChI is InChI=1S/C14H23N3O2S/c1-3-19-14(18)13-16-12(9-20-13)8-17-5-4-10(2)11(6-15)7-17/h9-11H,3-8,15H2,1-2H3. The van der Waals surface area contributed by atoms with Crippen LogP contribution in [0.5, 0.6) is 0 Å². The number of carbonyl (C=O) groups is 1. The molecule has 0 bridgehead atoms. The third kappa shape index (κ3) is 3.77. The first-order valence-electron chi connectivity index (χ1n) is 7.18. The van der Waals surface area contributed by atoms with Crippen molar-refractivity contribution in [3.63, 3.8) is 0 Å². The van der Waals surface area contributed by atoms with Gasteiger partial charge in [-0.05, 0) is 38.3 Å². The number of likely N-dealkylation sites (tertiary alicyclic amines) is 1. The number of piperidine rings is 1. The van der Waals surface area contributed by atoms with E-state index in [2.05, 4.69) is 16.8 Å². The number of nitrogens with two attached hydrogens (primary N) is 1. The number of nitrogens with zero attached hydrogens (tertiary/aromatic N) is 2. The lowest BCUT2D eigenvalue weighted by Crippen LogP contribution is -2.42. The second-order valence-electron chi connectivity index (χ2n) is 5.36. The molecule has 1 aliphatic rings. The molecular formula is C14H23N3O2S. The number of ether oxygens (including phenoxy) is 1. The molecule has 1 saturated heterocycles. The molecule has 2 N–H and O–H groups in total. The van der Waals surface area contributed by atoms with Crippen LogP contribution >= 0.6 is 11.3 Å². The van der Waals surface area contributed by atoms with Gasteiger partial charge in [0, 0.05) is 18.5 Å². The van der Waals surface area contributed by atoms with Crippen LogP contribution in [0.1, 0.15) is 35.8 Å². The van der Waals surface area contributed by atoms with E-state index in [-0.39, 0.29) is 5.97 Å². The molecule has 0 saturated carbocycles. The maximum absolute atomic E-state index is 11.6. The quantitative estimate of drug-likeness (QED) is 0.838. The molecule has 2 rings (SSSR count). The molecule has 1 aliphatic heterocycles. The highest BCUT2D eigenvalue weighted by molar-refractivity contribution is 7.11. The second-order valence-corrected chi connectivity index (χ2v) is 6.22. The summed E-state index contributed by atoms with van der Waals surface area (Å²) in [6.07, 6.45) is 1.18. The van der Waals surface area contributed by atoms with E-state index in [1.807, 2.05) is 5.38 Å². The fourth-order valence-electron chi connectivity index (χ4n) is 2.57. The van der Waals surface area contributed by atoms with E-state index in [9.17, 15) is 4.79 Å². The largest absolute Gasteiger partial charge is 0.461 e. The van der Waals surface area contributed by atoms with Gasteiger partial charge in [0.1, 0.15) is 0 Å². The topological polar surface area (TPSA) is 68.5 Å². The van der Waals surface area contributed by atoms with Gasteiger partial charge in [-0.3, -0.25) is 4.90 Å². The first kappa shape index (κ1) is 15.4. The second kappa shape index (κ2) is 7.15. The predicted octanol–water partition coefficient (Wildman–Crippen LogP) is 1.74. The summed E-state index contributed by atoms with van der Waals surface area (Å²) in [6, 6.07) is 0. The zero-order valence-corrected chi connectivity index (χ0v) is 13.0. The lowest BCUT2D eigenvalue weighted by atomic mass is 9.87. The monoisotopic (exact) mass is 297 g/mol. The van der Waals surface area contributed by atoms with E-state index in [1.54, 1.807) is 6.92 Å². The molecule has 0 spiro atoms. The summed E-state index contributed by atoms with van der Waals surface area (Å²) in [4.78, 5) is 18.3. The van der Waals surface area contributed by atoms with Crippen molar-refractivity contribution >= 4 is 17.3 Å². The van der Waals surface area contributed by atoms with E-state index in [0.29, 0.717) is 23.5 Å². The minimum Gasteiger partial charge on any atom is -0.461 e. The normalized spacial score (nSPS) is 23.8. The van der Waals surface area contributed by atoms with Crippen LogP contribution in [0, 0.1) is 11.8 Å². The average Bonchev–Trinajstić information content (AvgIpc) is 2.90. The van der Waals surface area contributed by atoms with Gasteiger partial charge in [0.25, 0.3) is 0 Å². The van der Waals surface area contributed by atoms with Gasteiger partial charge in [-0.1, -0.05) is 6.92 Å². The molecular weight excluding hydrogens is 274 g/mol. The summed E-state index contributed by atoms with van der Waals surface area (Å²) < 4.78 is 4.96. The van der Waals surface area contributed by atoms with Crippen LogP contribution in [0.15, 0.2) is 5.38 Å². The first-order valence-corrected chi connectivity index (χ1v) is 8.06. The van der Waals surface area contributed by atoms with Gasteiger partial charge in [-0.15, -0.1) is 11.3 Å². The Morgan fingerprint density at radius 3 is 3.15 bits per heavy atom. The summed E-state index contributed by atoms with van der Waals surface area (Å²) >= 11 is 1.36. The molecule has 2 unspecified atom stereocenters. The SMILES string of the molecule is CCOC(=O)c1nc(CN2CCC(C)C(CN)C2)cs1. The number of hydrogen-bond acceptors (Lipinski definition) is 6. The Morgan fingerprint density at radius 2 is 2.45 bits per heavy atom. The van der Waals surface area contributed by atoms with Crippen LogP contribution in [0.25, 0.3) is 0 Å². The van der Waals surface area contributed by atoms with Gasteiger partial charge in [0.15, 0.2) is 0 Å². The third-order valence-corrected chi connectivity index (χ3v) is 4.76. The van der Waals surface area contributed by atoms with E-state index < -0.39 is 0 Å². The molecule has 112 valence electrons. The smallest absolute Gasteiger partial charge is 0.367 e. The van der Waals surface area contributed by atoms with Crippen molar-refractivity contribution in [2.75, 3.05) is 26.2 Å². The summed E-state index contributed by atoms with van der Waals surface area (Å²) in [6.45, 7) is 8.08. The highest BCUT2D eigenvalue weighted by Crippen LogP contribution is 2.24. The Balaban J connectivity index is 1.92. The Hall–Kier alpha value is -0.980. The van der Waals surface area contributed by atoms with E-state index in [0.717, 1.165) is 31.9 Å². The molecule has 1 aromatic heterocycles. The van der Waals surface area contributed by atoms with Crippen molar-refractivity contribution in [2.24, 2.45) is 17.6 Å². The molecule has 2 atom stereocenters. The minimum absolute atomic E-state index is 0.323. The summed E-state index contributed by atoms with van der Waals surface area (Å²) in [5.74, 6) is 0.935. The van der Waals surface area contributed by atoms with Gasteiger partial charge in [-0.25, -0.2) is 9.78 Å². The van der Waals surface area contributed by atoms with Gasteiger partial charge in [0.05, 0.1) is 12.3 Å². The Labute approximate surface area is 124 Å². The van der Waals surface area contributed by atoms with Crippen LogP contribution in [-0.4, -0.2) is 42.1 Å². The lowest BCUT2D eigenvalue weighted by Gasteiger charge is -2.36. The number of rotatable bonds is 5. The van der Waals surface area contributed by atoms with Gasteiger partial charge in [0.2, 0.25) is 5.01 Å². The molecule has 0 radical (unpaired) electrons. The van der Waals surface area contributed by atoms with Crippen molar-refractivity contribution in [3.8, 4) is 0 Å². The molecule has 5 nitrogen and oxygen atoms in total. The van der Waals surface area contributed by atoms with Crippen molar-refractivity contribution < 1.29 is 9.53 Å². The van der Waals surface area contributed by atoms with Gasteiger partial charge >= 0.3 is 5.97 Å². The fourth-order valence-corrected chi connectivity index (χ4v) is 3.27. The lowest BCUT2D eigenvalue weighted by molar-refractivity contribution is 0.0525. The third-order valence-electron chi connectivity index (χ3n) is 3.89. The van der Waals surface area contributed by atoms with Crippen molar-refractivity contribution in [1.82, 2.24) is 9.88 Å². The molecule has 0 aliphatic carbocycles. The van der Waals surface area contributed by atoms with Crippen molar-refractivity contribution in [3.05, 3.63) is 16.1 Å². The fraction of sp³-hybridized carbons (Fsp3) is 0.714.